The van der Waals surface area contributed by atoms with Crippen LogP contribution >= 0.6 is 0 Å². The molecule has 0 saturated carbocycles. The Balaban J connectivity index is 1.96. The summed E-state index contributed by atoms with van der Waals surface area (Å²) < 4.78 is 0. The Hall–Kier alpha value is -2.35. The molecule has 3 rings (SSSR count). The number of ketones is 1. The third-order valence-corrected chi connectivity index (χ3v) is 3.50. The van der Waals surface area contributed by atoms with Crippen molar-refractivity contribution in [1.82, 2.24) is 0 Å². The average molecular weight is 250 g/mol. The highest BCUT2D eigenvalue weighted by atomic mass is 16.3. The largest absolute Gasteiger partial charge is 0.507 e. The third-order valence-electron chi connectivity index (χ3n) is 3.50. The van der Waals surface area contributed by atoms with Crippen LogP contribution in [0.1, 0.15) is 27.9 Å². The number of hydrogen-bond acceptors (Lipinski definition) is 2. The van der Waals surface area contributed by atoms with E-state index in [9.17, 15) is 9.90 Å². The first kappa shape index (κ1) is 11.7. The molecule has 1 N–H and O–H groups in total. The number of aryl methyl sites for hydroxylation is 1. The van der Waals surface area contributed by atoms with E-state index in [1.165, 1.54) is 11.6 Å². The molecule has 0 heterocycles. The van der Waals surface area contributed by atoms with Gasteiger partial charge in [-0.1, -0.05) is 36.4 Å². The third kappa shape index (κ3) is 2.17. The van der Waals surface area contributed by atoms with Crippen molar-refractivity contribution >= 4 is 11.4 Å². The van der Waals surface area contributed by atoms with Gasteiger partial charge in [0.1, 0.15) is 5.75 Å². The summed E-state index contributed by atoms with van der Waals surface area (Å²) in [5.74, 6) is -0.0968. The van der Waals surface area contributed by atoms with Gasteiger partial charge in [-0.3, -0.25) is 4.79 Å². The van der Waals surface area contributed by atoms with Gasteiger partial charge in [0, 0.05) is 0 Å². The number of carbonyl (C=O) groups is 1. The summed E-state index contributed by atoms with van der Waals surface area (Å²) >= 11 is 0. The SMILES string of the molecule is O=C(/C=C1\CCc2ccccc21)c1ccccc1O. The number of hydrogen-bond donors (Lipinski definition) is 1. The molecular formula is C17H14O2. The van der Waals surface area contributed by atoms with Crippen molar-refractivity contribution < 1.29 is 9.90 Å². The lowest BCUT2D eigenvalue weighted by Crippen LogP contribution is -1.96. The maximum Gasteiger partial charge on any atom is 0.189 e. The summed E-state index contributed by atoms with van der Waals surface area (Å²) in [7, 11) is 0. The van der Waals surface area contributed by atoms with Crippen molar-refractivity contribution in [2.45, 2.75) is 12.8 Å². The van der Waals surface area contributed by atoms with E-state index in [-0.39, 0.29) is 11.5 Å². The number of carbonyl (C=O) groups excluding carboxylic acids is 1. The predicted molar refractivity (Wildman–Crippen MR) is 75.2 cm³/mol. The van der Waals surface area contributed by atoms with E-state index in [0.29, 0.717) is 5.56 Å². The van der Waals surface area contributed by atoms with Crippen molar-refractivity contribution in [3.05, 3.63) is 71.3 Å². The molecule has 0 aliphatic heterocycles. The second-order valence-electron chi connectivity index (χ2n) is 4.71. The molecule has 0 unspecified atom stereocenters. The number of fused-ring (bicyclic) bond motifs is 1. The second kappa shape index (κ2) is 4.73. The zero-order valence-electron chi connectivity index (χ0n) is 10.5. The fourth-order valence-corrected chi connectivity index (χ4v) is 2.52. The minimum Gasteiger partial charge on any atom is -0.507 e. The van der Waals surface area contributed by atoms with Crippen LogP contribution in [0.25, 0.3) is 5.57 Å². The standard InChI is InChI=1S/C17H14O2/c18-16-8-4-3-7-15(16)17(19)11-13-10-9-12-5-1-2-6-14(12)13/h1-8,11,18H,9-10H2/b13-11+. The first-order valence-corrected chi connectivity index (χ1v) is 6.37. The van der Waals surface area contributed by atoms with Crippen molar-refractivity contribution in [3.63, 3.8) is 0 Å². The lowest BCUT2D eigenvalue weighted by atomic mass is 10.0. The molecule has 2 aromatic rings. The summed E-state index contributed by atoms with van der Waals surface area (Å²) in [4.78, 5) is 12.2. The fraction of sp³-hybridized carbons (Fsp3) is 0.118. The second-order valence-corrected chi connectivity index (χ2v) is 4.71. The van der Waals surface area contributed by atoms with E-state index in [4.69, 9.17) is 0 Å². The van der Waals surface area contributed by atoms with Crippen LogP contribution < -0.4 is 0 Å². The van der Waals surface area contributed by atoms with Crippen LogP contribution in [-0.4, -0.2) is 10.9 Å². The Morgan fingerprint density at radius 1 is 1.00 bits per heavy atom. The van der Waals surface area contributed by atoms with Crippen molar-refractivity contribution in [2.75, 3.05) is 0 Å². The molecule has 0 aromatic heterocycles. The van der Waals surface area contributed by atoms with Crippen LogP contribution in [0.3, 0.4) is 0 Å². The van der Waals surface area contributed by atoms with Gasteiger partial charge in [-0.25, -0.2) is 0 Å². The summed E-state index contributed by atoms with van der Waals surface area (Å²) in [6.45, 7) is 0. The van der Waals surface area contributed by atoms with Crippen LogP contribution in [0.4, 0.5) is 0 Å². The molecule has 94 valence electrons. The van der Waals surface area contributed by atoms with Gasteiger partial charge in [0.2, 0.25) is 0 Å². The molecule has 0 saturated heterocycles. The predicted octanol–water partition coefficient (Wildman–Crippen LogP) is 3.60. The summed E-state index contributed by atoms with van der Waals surface area (Å²) in [6, 6.07) is 14.8. The van der Waals surface area contributed by atoms with Crippen LogP contribution in [0.5, 0.6) is 5.75 Å². The average Bonchev–Trinajstić information content (AvgIpc) is 2.83. The highest BCUT2D eigenvalue weighted by Gasteiger charge is 2.17. The van der Waals surface area contributed by atoms with Crippen LogP contribution in [0.2, 0.25) is 0 Å². The minimum atomic E-state index is -0.134. The Morgan fingerprint density at radius 2 is 1.74 bits per heavy atom. The summed E-state index contributed by atoms with van der Waals surface area (Å²) in [6.07, 6.45) is 3.52. The first-order valence-electron chi connectivity index (χ1n) is 6.37. The summed E-state index contributed by atoms with van der Waals surface area (Å²) in [5, 5.41) is 9.70. The molecule has 2 aromatic carbocycles. The first-order chi connectivity index (χ1) is 9.25. The number of aromatic hydroxyl groups is 1. The van der Waals surface area contributed by atoms with Gasteiger partial charge in [0.15, 0.2) is 5.78 Å². The molecule has 1 aliphatic rings. The van der Waals surface area contributed by atoms with E-state index < -0.39 is 0 Å². The van der Waals surface area contributed by atoms with Gasteiger partial charge in [-0.15, -0.1) is 0 Å². The van der Waals surface area contributed by atoms with E-state index in [2.05, 4.69) is 6.07 Å². The molecule has 2 nitrogen and oxygen atoms in total. The quantitative estimate of drug-likeness (QED) is 0.653. The molecule has 0 spiro atoms. The Morgan fingerprint density at radius 3 is 2.58 bits per heavy atom. The normalized spacial score (nSPS) is 15.5. The minimum absolute atomic E-state index is 0.0376. The number of allylic oxidation sites excluding steroid dienone is 2. The van der Waals surface area contributed by atoms with E-state index in [1.54, 1.807) is 24.3 Å². The lowest BCUT2D eigenvalue weighted by molar-refractivity contribution is 0.104. The molecule has 1 aliphatic carbocycles. The molecule has 0 atom stereocenters. The molecule has 0 bridgehead atoms. The molecular weight excluding hydrogens is 236 g/mol. The maximum atomic E-state index is 12.2. The monoisotopic (exact) mass is 250 g/mol. The van der Waals surface area contributed by atoms with Crippen LogP contribution in [0, 0.1) is 0 Å². The molecule has 2 heteroatoms. The zero-order valence-corrected chi connectivity index (χ0v) is 10.5. The van der Waals surface area contributed by atoms with Crippen LogP contribution in [0.15, 0.2) is 54.6 Å². The van der Waals surface area contributed by atoms with Gasteiger partial charge in [0.25, 0.3) is 0 Å². The number of benzene rings is 2. The smallest absolute Gasteiger partial charge is 0.189 e. The van der Waals surface area contributed by atoms with Gasteiger partial charge in [-0.05, 0) is 47.8 Å². The van der Waals surface area contributed by atoms with E-state index in [0.717, 1.165) is 24.0 Å². The van der Waals surface area contributed by atoms with Gasteiger partial charge < -0.3 is 5.11 Å². The Labute approximate surface area is 112 Å². The van der Waals surface area contributed by atoms with Crippen molar-refractivity contribution in [3.8, 4) is 5.75 Å². The number of phenols is 1. The van der Waals surface area contributed by atoms with Gasteiger partial charge in [0.05, 0.1) is 5.56 Å². The van der Waals surface area contributed by atoms with Crippen LogP contribution in [-0.2, 0) is 6.42 Å². The highest BCUT2D eigenvalue weighted by Crippen LogP contribution is 2.32. The molecule has 19 heavy (non-hydrogen) atoms. The van der Waals surface area contributed by atoms with E-state index >= 15 is 0 Å². The maximum absolute atomic E-state index is 12.2. The number of phenolic OH excluding ortho intramolecular Hbond substituents is 1. The van der Waals surface area contributed by atoms with E-state index in [1.807, 2.05) is 18.2 Å². The topological polar surface area (TPSA) is 37.3 Å². The van der Waals surface area contributed by atoms with Gasteiger partial charge >= 0.3 is 0 Å². The molecule has 0 fully saturated rings. The van der Waals surface area contributed by atoms with Crippen molar-refractivity contribution in [2.24, 2.45) is 0 Å². The van der Waals surface area contributed by atoms with Gasteiger partial charge in [-0.2, -0.15) is 0 Å². The highest BCUT2D eigenvalue weighted by molar-refractivity contribution is 6.10. The van der Waals surface area contributed by atoms with Crippen molar-refractivity contribution in [1.29, 1.82) is 0 Å². The number of para-hydroxylation sites is 1. The lowest BCUT2D eigenvalue weighted by Gasteiger charge is -2.02. The number of rotatable bonds is 2. The summed E-state index contributed by atoms with van der Waals surface area (Å²) in [5.41, 5.74) is 3.87. The zero-order chi connectivity index (χ0) is 13.2. The Bertz CT molecular complexity index is 668. The Kier molecular flexibility index (Phi) is 2.92. The fourth-order valence-electron chi connectivity index (χ4n) is 2.52. The molecule has 0 amide bonds. The molecule has 0 radical (unpaired) electrons.